The van der Waals surface area contributed by atoms with E-state index in [1.807, 2.05) is 0 Å². The van der Waals surface area contributed by atoms with Gasteiger partial charge in [0.15, 0.2) is 0 Å². The molecular weight excluding hydrogens is 367 g/mol. The van der Waals surface area contributed by atoms with Crippen LogP contribution in [0.1, 0.15) is 26.7 Å². The predicted molar refractivity (Wildman–Crippen MR) is 83.7 cm³/mol. The minimum atomic E-state index is -1.83. The zero-order valence-electron chi connectivity index (χ0n) is 13.4. The van der Waals surface area contributed by atoms with Gasteiger partial charge in [-0.1, -0.05) is 13.8 Å². The van der Waals surface area contributed by atoms with E-state index in [0.717, 1.165) is 0 Å². The molecule has 0 rings (SSSR count). The molecule has 0 aromatic heterocycles. The number of esters is 4. The number of alkyl halides is 2. The summed E-state index contributed by atoms with van der Waals surface area (Å²) in [5.74, 6) is -5.25. The summed E-state index contributed by atoms with van der Waals surface area (Å²) in [6.45, 7) is 3.53. The molecule has 0 N–H and O–H groups in total. The number of halogens is 2. The van der Waals surface area contributed by atoms with Gasteiger partial charge in [0.05, 0.1) is 13.2 Å². The molecule has 0 saturated heterocycles. The van der Waals surface area contributed by atoms with Crippen molar-refractivity contribution < 1.29 is 38.1 Å². The molecule has 0 bridgehead atoms. The van der Waals surface area contributed by atoms with Gasteiger partial charge >= 0.3 is 23.9 Å². The van der Waals surface area contributed by atoms with Crippen LogP contribution in [0, 0.1) is 0 Å². The number of hydrogen-bond donors (Lipinski definition) is 0. The number of hydrogen-bond acceptors (Lipinski definition) is 8. The van der Waals surface area contributed by atoms with E-state index in [9.17, 15) is 19.2 Å². The lowest BCUT2D eigenvalue weighted by molar-refractivity contribution is -0.190. The van der Waals surface area contributed by atoms with Crippen molar-refractivity contribution >= 4 is 47.1 Å². The fourth-order valence-electron chi connectivity index (χ4n) is 1.38. The molecular formula is C14H20Cl2O8. The van der Waals surface area contributed by atoms with E-state index in [4.69, 9.17) is 42.1 Å². The average Bonchev–Trinajstić information content (AvgIpc) is 2.59. The molecule has 0 aliphatic carbocycles. The van der Waals surface area contributed by atoms with Crippen LogP contribution in [-0.4, -0.2) is 61.1 Å². The fourth-order valence-corrected chi connectivity index (χ4v) is 1.51. The standard InChI is InChI=1S/C14H20Cl2O8/c1-3-5-21-13(19)11(23-9(17)7-15)12(24-10(18)8-16)14(20)22-6-4-2/h11-12H,3-8H2,1-2H3/t11-,12-/m1/s1. The Bertz CT molecular complexity index is 400. The molecule has 0 aromatic carbocycles. The molecule has 2 atom stereocenters. The van der Waals surface area contributed by atoms with Gasteiger partial charge in [-0.05, 0) is 12.8 Å². The van der Waals surface area contributed by atoms with Crippen LogP contribution in [0.15, 0.2) is 0 Å². The maximum Gasteiger partial charge on any atom is 0.352 e. The summed E-state index contributed by atoms with van der Waals surface area (Å²) < 4.78 is 19.3. The summed E-state index contributed by atoms with van der Waals surface area (Å²) in [7, 11) is 0. The zero-order valence-corrected chi connectivity index (χ0v) is 14.9. The number of carbonyl (C=O) groups is 4. The predicted octanol–water partition coefficient (Wildman–Crippen LogP) is 1.19. The lowest BCUT2D eigenvalue weighted by atomic mass is 10.2. The fraction of sp³-hybridized carbons (Fsp3) is 0.714. The molecule has 0 aliphatic heterocycles. The van der Waals surface area contributed by atoms with Crippen LogP contribution in [0.5, 0.6) is 0 Å². The van der Waals surface area contributed by atoms with Crippen LogP contribution in [0.2, 0.25) is 0 Å². The summed E-state index contributed by atoms with van der Waals surface area (Å²) in [6, 6.07) is 0. The van der Waals surface area contributed by atoms with Crippen molar-refractivity contribution in [1.29, 1.82) is 0 Å². The molecule has 8 nitrogen and oxygen atoms in total. The first kappa shape index (κ1) is 22.5. The molecule has 0 aliphatic rings. The Morgan fingerprint density at radius 1 is 0.750 bits per heavy atom. The molecule has 0 aromatic rings. The van der Waals surface area contributed by atoms with Gasteiger partial charge in [-0.3, -0.25) is 9.59 Å². The van der Waals surface area contributed by atoms with Crippen molar-refractivity contribution in [2.24, 2.45) is 0 Å². The molecule has 0 unspecified atom stereocenters. The maximum atomic E-state index is 12.1. The Kier molecular flexibility index (Phi) is 12.0. The van der Waals surface area contributed by atoms with Crippen molar-refractivity contribution in [1.82, 2.24) is 0 Å². The summed E-state index contributed by atoms with van der Waals surface area (Å²) >= 11 is 10.7. The molecule has 0 amide bonds. The Morgan fingerprint density at radius 3 is 1.33 bits per heavy atom. The first-order valence-electron chi connectivity index (χ1n) is 7.25. The summed E-state index contributed by atoms with van der Waals surface area (Å²) in [5, 5.41) is 0. The highest BCUT2D eigenvalue weighted by Gasteiger charge is 2.42. The second kappa shape index (κ2) is 12.8. The molecule has 138 valence electrons. The normalized spacial score (nSPS) is 12.7. The molecule has 0 radical (unpaired) electrons. The topological polar surface area (TPSA) is 105 Å². The summed E-state index contributed by atoms with van der Waals surface area (Å²) in [6.07, 6.45) is -2.68. The van der Waals surface area contributed by atoms with E-state index < -0.39 is 47.8 Å². The second-order valence-corrected chi connectivity index (χ2v) is 4.96. The van der Waals surface area contributed by atoms with Gasteiger partial charge in [-0.15, -0.1) is 23.2 Å². The van der Waals surface area contributed by atoms with Crippen molar-refractivity contribution in [2.45, 2.75) is 38.9 Å². The third-order valence-corrected chi connectivity index (χ3v) is 2.81. The summed E-state index contributed by atoms with van der Waals surface area (Å²) in [4.78, 5) is 47.0. The van der Waals surface area contributed by atoms with Gasteiger partial charge < -0.3 is 18.9 Å². The smallest absolute Gasteiger partial charge is 0.352 e. The third kappa shape index (κ3) is 8.35. The largest absolute Gasteiger partial charge is 0.463 e. The van der Waals surface area contributed by atoms with Crippen LogP contribution in [-0.2, 0) is 38.1 Å². The average molecular weight is 387 g/mol. The van der Waals surface area contributed by atoms with Gasteiger partial charge in [-0.25, -0.2) is 9.59 Å². The molecule has 0 saturated carbocycles. The number of rotatable bonds is 11. The highest BCUT2D eigenvalue weighted by Crippen LogP contribution is 2.12. The minimum absolute atomic E-state index is 0.0218. The van der Waals surface area contributed by atoms with Crippen LogP contribution in [0.4, 0.5) is 0 Å². The Labute approximate surface area is 149 Å². The second-order valence-electron chi connectivity index (χ2n) is 4.42. The van der Waals surface area contributed by atoms with E-state index in [1.54, 1.807) is 13.8 Å². The first-order chi connectivity index (χ1) is 11.4. The van der Waals surface area contributed by atoms with Crippen LogP contribution >= 0.6 is 23.2 Å². The van der Waals surface area contributed by atoms with E-state index in [1.165, 1.54) is 0 Å². The maximum absolute atomic E-state index is 12.1. The van der Waals surface area contributed by atoms with Crippen molar-refractivity contribution in [3.8, 4) is 0 Å². The van der Waals surface area contributed by atoms with Crippen molar-refractivity contribution in [2.75, 3.05) is 25.0 Å². The SMILES string of the molecule is CCCOC(=O)[C@H](OC(=O)CCl)[C@@H](OC(=O)CCl)C(=O)OCCC. The molecule has 0 fully saturated rings. The monoisotopic (exact) mass is 386 g/mol. The highest BCUT2D eigenvalue weighted by atomic mass is 35.5. The molecule has 0 heterocycles. The lowest BCUT2D eigenvalue weighted by Gasteiger charge is -2.23. The van der Waals surface area contributed by atoms with Crippen LogP contribution in [0.25, 0.3) is 0 Å². The van der Waals surface area contributed by atoms with Gasteiger partial charge in [-0.2, -0.15) is 0 Å². The van der Waals surface area contributed by atoms with Gasteiger partial charge in [0.2, 0.25) is 12.2 Å². The van der Waals surface area contributed by atoms with Gasteiger partial charge in [0, 0.05) is 0 Å². The van der Waals surface area contributed by atoms with E-state index in [2.05, 4.69) is 0 Å². The highest BCUT2D eigenvalue weighted by molar-refractivity contribution is 6.26. The molecule has 0 spiro atoms. The number of ether oxygens (including phenoxy) is 4. The zero-order chi connectivity index (χ0) is 18.5. The van der Waals surface area contributed by atoms with Crippen LogP contribution in [0.3, 0.4) is 0 Å². The van der Waals surface area contributed by atoms with E-state index in [0.29, 0.717) is 12.8 Å². The Hall–Kier alpha value is -1.54. The van der Waals surface area contributed by atoms with E-state index in [-0.39, 0.29) is 13.2 Å². The van der Waals surface area contributed by atoms with E-state index >= 15 is 0 Å². The van der Waals surface area contributed by atoms with Gasteiger partial charge in [0.1, 0.15) is 11.8 Å². The quantitative estimate of drug-likeness (QED) is 0.296. The third-order valence-electron chi connectivity index (χ3n) is 2.37. The van der Waals surface area contributed by atoms with Crippen molar-refractivity contribution in [3.63, 3.8) is 0 Å². The summed E-state index contributed by atoms with van der Waals surface area (Å²) in [5.41, 5.74) is 0. The Balaban J connectivity index is 5.40. The minimum Gasteiger partial charge on any atom is -0.463 e. The van der Waals surface area contributed by atoms with Gasteiger partial charge in [0.25, 0.3) is 0 Å². The molecule has 10 heteroatoms. The van der Waals surface area contributed by atoms with Crippen molar-refractivity contribution in [3.05, 3.63) is 0 Å². The lowest BCUT2D eigenvalue weighted by Crippen LogP contribution is -2.47. The van der Waals surface area contributed by atoms with Crippen LogP contribution < -0.4 is 0 Å². The number of carbonyl (C=O) groups excluding carboxylic acids is 4. The molecule has 24 heavy (non-hydrogen) atoms. The Morgan fingerprint density at radius 2 is 1.08 bits per heavy atom. The first-order valence-corrected chi connectivity index (χ1v) is 8.32.